The van der Waals surface area contributed by atoms with E-state index in [1.54, 1.807) is 24.3 Å². The van der Waals surface area contributed by atoms with E-state index in [1.165, 1.54) is 5.56 Å². The normalized spacial score (nSPS) is 11.0. The molecule has 2 aromatic carbocycles. The van der Waals surface area contributed by atoms with Crippen LogP contribution in [0.2, 0.25) is 0 Å². The molecule has 0 bridgehead atoms. The van der Waals surface area contributed by atoms with Gasteiger partial charge in [-0.15, -0.1) is 11.6 Å². The average molecular weight is 315 g/mol. The predicted molar refractivity (Wildman–Crippen MR) is 91.8 cm³/mol. The summed E-state index contributed by atoms with van der Waals surface area (Å²) in [6, 6.07) is 11.0. The molecule has 0 aliphatic carbocycles. The molecule has 0 aliphatic heterocycles. The van der Waals surface area contributed by atoms with E-state index >= 15 is 0 Å². The molecule has 0 radical (unpaired) electrons. The van der Waals surface area contributed by atoms with Gasteiger partial charge in [0.2, 0.25) is 0 Å². The number of allylic oxidation sites excluding steroid dienone is 1. The largest absolute Gasteiger partial charge is 0.508 e. The van der Waals surface area contributed by atoms with Gasteiger partial charge in [0.05, 0.1) is 0 Å². The number of ketones is 1. The predicted octanol–water partition coefficient (Wildman–Crippen LogP) is 4.69. The van der Waals surface area contributed by atoms with E-state index in [0.29, 0.717) is 23.4 Å². The Morgan fingerprint density at radius 1 is 1.18 bits per heavy atom. The number of aromatic hydroxyl groups is 1. The van der Waals surface area contributed by atoms with Crippen LogP contribution < -0.4 is 0 Å². The van der Waals surface area contributed by atoms with Crippen LogP contribution in [0.5, 0.6) is 5.75 Å². The monoisotopic (exact) mass is 314 g/mol. The Bertz CT molecular complexity index is 717. The van der Waals surface area contributed by atoms with E-state index in [1.807, 2.05) is 32.1 Å². The minimum absolute atomic E-state index is 0.0872. The van der Waals surface area contributed by atoms with Gasteiger partial charge in [0.15, 0.2) is 5.78 Å². The van der Waals surface area contributed by atoms with Gasteiger partial charge in [0, 0.05) is 11.4 Å². The lowest BCUT2D eigenvalue weighted by Gasteiger charge is -2.05. The second-order valence-electron chi connectivity index (χ2n) is 5.34. The lowest BCUT2D eigenvalue weighted by Crippen LogP contribution is -1.97. The molecule has 0 saturated carbocycles. The van der Waals surface area contributed by atoms with E-state index in [0.717, 1.165) is 11.1 Å². The molecule has 2 nitrogen and oxygen atoms in total. The number of alkyl halides is 1. The number of phenols is 1. The first-order valence-electron chi connectivity index (χ1n) is 7.19. The van der Waals surface area contributed by atoms with E-state index in [9.17, 15) is 9.90 Å². The Kier molecular flexibility index (Phi) is 5.40. The average Bonchev–Trinajstić information content (AvgIpc) is 2.48. The smallest absolute Gasteiger partial charge is 0.185 e. The van der Waals surface area contributed by atoms with Crippen LogP contribution in [0.4, 0.5) is 0 Å². The third-order valence-electron chi connectivity index (χ3n) is 3.57. The third kappa shape index (κ3) is 3.99. The maximum Gasteiger partial charge on any atom is 0.185 e. The molecular weight excluding hydrogens is 296 g/mol. The molecule has 0 heterocycles. The van der Waals surface area contributed by atoms with Gasteiger partial charge in [-0.1, -0.05) is 29.8 Å². The Balaban J connectivity index is 2.21. The SMILES string of the molecule is Cc1ccc(/C=C/C(=O)c2ccc(O)c(CCCl)c2)c(C)c1. The van der Waals surface area contributed by atoms with E-state index < -0.39 is 0 Å². The first kappa shape index (κ1) is 16.3. The summed E-state index contributed by atoms with van der Waals surface area (Å²) < 4.78 is 0. The highest BCUT2D eigenvalue weighted by Crippen LogP contribution is 2.20. The number of hydrogen-bond acceptors (Lipinski definition) is 2. The summed E-state index contributed by atoms with van der Waals surface area (Å²) in [7, 11) is 0. The molecule has 0 unspecified atom stereocenters. The summed E-state index contributed by atoms with van der Waals surface area (Å²) in [5, 5.41) is 9.73. The van der Waals surface area contributed by atoms with Gasteiger partial charge >= 0.3 is 0 Å². The Labute approximate surface area is 136 Å². The van der Waals surface area contributed by atoms with Crippen LogP contribution in [0.1, 0.15) is 32.6 Å². The lowest BCUT2D eigenvalue weighted by atomic mass is 10.0. The van der Waals surface area contributed by atoms with Gasteiger partial charge in [-0.2, -0.15) is 0 Å². The highest BCUT2D eigenvalue weighted by molar-refractivity contribution is 6.18. The van der Waals surface area contributed by atoms with Crippen LogP contribution in [0.15, 0.2) is 42.5 Å². The van der Waals surface area contributed by atoms with Crippen molar-refractivity contribution in [2.24, 2.45) is 0 Å². The molecule has 1 N–H and O–H groups in total. The molecule has 0 amide bonds. The van der Waals surface area contributed by atoms with Crippen molar-refractivity contribution in [1.82, 2.24) is 0 Å². The van der Waals surface area contributed by atoms with Crippen LogP contribution in [0.3, 0.4) is 0 Å². The summed E-state index contributed by atoms with van der Waals surface area (Å²) >= 11 is 5.70. The van der Waals surface area contributed by atoms with Crippen molar-refractivity contribution >= 4 is 23.5 Å². The van der Waals surface area contributed by atoms with Crippen molar-refractivity contribution in [2.45, 2.75) is 20.3 Å². The molecule has 0 saturated heterocycles. The minimum atomic E-state index is -0.0872. The Morgan fingerprint density at radius 3 is 2.64 bits per heavy atom. The second-order valence-corrected chi connectivity index (χ2v) is 5.72. The van der Waals surface area contributed by atoms with Crippen LogP contribution in [-0.4, -0.2) is 16.8 Å². The molecule has 2 rings (SSSR count). The third-order valence-corrected chi connectivity index (χ3v) is 3.76. The van der Waals surface area contributed by atoms with Gasteiger partial charge in [-0.25, -0.2) is 0 Å². The number of halogens is 1. The number of phenolic OH excluding ortho intramolecular Hbond substituents is 1. The first-order valence-corrected chi connectivity index (χ1v) is 7.72. The zero-order chi connectivity index (χ0) is 16.1. The van der Waals surface area contributed by atoms with Gasteiger partial charge < -0.3 is 5.11 Å². The number of carbonyl (C=O) groups excluding carboxylic acids is 1. The number of aryl methyl sites for hydroxylation is 3. The molecule has 3 heteroatoms. The standard InChI is InChI=1S/C19H19ClO2/c1-13-3-4-15(14(2)11-13)5-7-18(21)16-6-8-19(22)17(12-16)9-10-20/h3-8,11-12,22H,9-10H2,1-2H3/b7-5+. The Hall–Kier alpha value is -2.06. The number of rotatable bonds is 5. The van der Waals surface area contributed by atoms with Gasteiger partial charge in [-0.3, -0.25) is 4.79 Å². The molecule has 2 aromatic rings. The summed E-state index contributed by atoms with van der Waals surface area (Å²) in [6.07, 6.45) is 3.93. The Morgan fingerprint density at radius 2 is 1.95 bits per heavy atom. The maximum atomic E-state index is 12.3. The molecule has 0 atom stereocenters. The molecule has 0 fully saturated rings. The van der Waals surface area contributed by atoms with Crippen molar-refractivity contribution < 1.29 is 9.90 Å². The summed E-state index contributed by atoms with van der Waals surface area (Å²) in [6.45, 7) is 4.07. The zero-order valence-electron chi connectivity index (χ0n) is 12.8. The molecule has 114 valence electrons. The van der Waals surface area contributed by atoms with Crippen molar-refractivity contribution in [2.75, 3.05) is 5.88 Å². The number of carbonyl (C=O) groups is 1. The first-order chi connectivity index (χ1) is 10.5. The number of benzene rings is 2. The molecular formula is C19H19ClO2. The van der Waals surface area contributed by atoms with Gasteiger partial charge in [-0.05, 0) is 61.2 Å². The molecule has 0 aromatic heterocycles. The lowest BCUT2D eigenvalue weighted by molar-refractivity contribution is 0.104. The van der Waals surface area contributed by atoms with Crippen LogP contribution >= 0.6 is 11.6 Å². The molecule has 22 heavy (non-hydrogen) atoms. The summed E-state index contributed by atoms with van der Waals surface area (Å²) in [4.78, 5) is 12.3. The van der Waals surface area contributed by atoms with Crippen LogP contribution in [0, 0.1) is 13.8 Å². The minimum Gasteiger partial charge on any atom is -0.508 e. The fraction of sp³-hybridized carbons (Fsp3) is 0.211. The molecule has 0 spiro atoms. The molecule has 0 aliphatic rings. The van der Waals surface area contributed by atoms with Crippen LogP contribution in [-0.2, 0) is 6.42 Å². The highest BCUT2D eigenvalue weighted by atomic mass is 35.5. The van der Waals surface area contributed by atoms with Crippen molar-refractivity contribution in [3.05, 3.63) is 70.3 Å². The van der Waals surface area contributed by atoms with Crippen LogP contribution in [0.25, 0.3) is 6.08 Å². The topological polar surface area (TPSA) is 37.3 Å². The van der Waals surface area contributed by atoms with E-state index in [2.05, 4.69) is 6.07 Å². The van der Waals surface area contributed by atoms with Gasteiger partial charge in [0.1, 0.15) is 5.75 Å². The van der Waals surface area contributed by atoms with Crippen molar-refractivity contribution in [3.63, 3.8) is 0 Å². The fourth-order valence-corrected chi connectivity index (χ4v) is 2.52. The number of hydrogen-bond donors (Lipinski definition) is 1. The maximum absolute atomic E-state index is 12.3. The van der Waals surface area contributed by atoms with E-state index in [-0.39, 0.29) is 11.5 Å². The highest BCUT2D eigenvalue weighted by Gasteiger charge is 2.07. The van der Waals surface area contributed by atoms with E-state index in [4.69, 9.17) is 11.6 Å². The summed E-state index contributed by atoms with van der Waals surface area (Å²) in [5.74, 6) is 0.496. The second kappa shape index (κ2) is 7.28. The van der Waals surface area contributed by atoms with Crippen molar-refractivity contribution in [3.8, 4) is 5.75 Å². The fourth-order valence-electron chi connectivity index (χ4n) is 2.32. The zero-order valence-corrected chi connectivity index (χ0v) is 13.5. The quantitative estimate of drug-likeness (QED) is 0.494. The van der Waals surface area contributed by atoms with Gasteiger partial charge in [0.25, 0.3) is 0 Å². The summed E-state index contributed by atoms with van der Waals surface area (Å²) in [5.41, 5.74) is 4.61. The van der Waals surface area contributed by atoms with Crippen molar-refractivity contribution in [1.29, 1.82) is 0 Å².